The van der Waals surface area contributed by atoms with Crippen LogP contribution in [0.5, 0.6) is 0 Å². The lowest BCUT2D eigenvalue weighted by molar-refractivity contribution is 0.0755. The Kier molecular flexibility index (Phi) is 3.66. The minimum Gasteiger partial charge on any atom is -0.372 e. The Balaban J connectivity index is 3.00. The monoisotopic (exact) mass is 207 g/mol. The number of nitrogens with one attached hydrogen (secondary N) is 1. The average Bonchev–Trinajstić information content (AvgIpc) is 2.26. The van der Waals surface area contributed by atoms with Crippen molar-refractivity contribution < 1.29 is 4.79 Å². The summed E-state index contributed by atoms with van der Waals surface area (Å²) in [5.41, 5.74) is 0.608. The number of carbonyl (C=O) groups is 1. The number of amides is 1. The van der Waals surface area contributed by atoms with Gasteiger partial charge in [-0.3, -0.25) is 4.79 Å². The Morgan fingerprint density at radius 2 is 2.20 bits per heavy atom. The maximum atomic E-state index is 12.0. The predicted molar refractivity (Wildman–Crippen MR) is 61.0 cm³/mol. The molecule has 1 aromatic rings. The van der Waals surface area contributed by atoms with Crippen LogP contribution in [-0.4, -0.2) is 35.9 Å². The van der Waals surface area contributed by atoms with E-state index in [1.807, 2.05) is 13.8 Å². The molecule has 0 aliphatic rings. The van der Waals surface area contributed by atoms with Gasteiger partial charge in [-0.05, 0) is 26.0 Å². The first-order chi connectivity index (χ1) is 7.07. The van der Waals surface area contributed by atoms with Gasteiger partial charge in [-0.2, -0.15) is 0 Å². The summed E-state index contributed by atoms with van der Waals surface area (Å²) in [6.07, 6.45) is 1.66. The van der Waals surface area contributed by atoms with Crippen LogP contribution in [0, 0.1) is 0 Å². The Hall–Kier alpha value is -1.58. The van der Waals surface area contributed by atoms with E-state index in [2.05, 4.69) is 10.3 Å². The minimum atomic E-state index is -0.0116. The number of hydrogen-bond acceptors (Lipinski definition) is 3. The normalized spacial score (nSPS) is 10.2. The molecule has 0 unspecified atom stereocenters. The lowest BCUT2D eigenvalue weighted by Crippen LogP contribution is -2.33. The summed E-state index contributed by atoms with van der Waals surface area (Å²) < 4.78 is 0. The molecule has 0 spiro atoms. The zero-order valence-electron chi connectivity index (χ0n) is 9.61. The molecule has 0 radical (unpaired) electrons. The lowest BCUT2D eigenvalue weighted by Gasteiger charge is -2.22. The summed E-state index contributed by atoms with van der Waals surface area (Å²) in [5.74, 6) is 0.609. The Morgan fingerprint density at radius 1 is 1.53 bits per heavy atom. The number of nitrogens with zero attached hydrogens (tertiary/aromatic N) is 2. The van der Waals surface area contributed by atoms with E-state index in [0.29, 0.717) is 11.4 Å². The minimum absolute atomic E-state index is 0.0116. The van der Waals surface area contributed by atoms with Crippen molar-refractivity contribution in [3.05, 3.63) is 23.9 Å². The Labute approximate surface area is 90.3 Å². The smallest absolute Gasteiger partial charge is 0.257 e. The molecular weight excluding hydrogens is 190 g/mol. The SMILES string of the molecule is CNc1ncccc1C(=O)N(C)C(C)C. The van der Waals surface area contributed by atoms with Crippen LogP contribution < -0.4 is 5.32 Å². The molecule has 1 aromatic heterocycles. The highest BCUT2D eigenvalue weighted by Crippen LogP contribution is 2.13. The van der Waals surface area contributed by atoms with Crippen LogP contribution in [0.25, 0.3) is 0 Å². The predicted octanol–water partition coefficient (Wildman–Crippen LogP) is 1.60. The van der Waals surface area contributed by atoms with Crippen molar-refractivity contribution >= 4 is 11.7 Å². The molecule has 0 saturated heterocycles. The van der Waals surface area contributed by atoms with E-state index >= 15 is 0 Å². The summed E-state index contributed by atoms with van der Waals surface area (Å²) in [7, 11) is 3.55. The van der Waals surface area contributed by atoms with Gasteiger partial charge in [-0.15, -0.1) is 0 Å². The van der Waals surface area contributed by atoms with Crippen LogP contribution in [0.2, 0.25) is 0 Å². The van der Waals surface area contributed by atoms with Crippen molar-refractivity contribution in [2.75, 3.05) is 19.4 Å². The fourth-order valence-electron chi connectivity index (χ4n) is 1.20. The molecule has 82 valence electrons. The van der Waals surface area contributed by atoms with E-state index in [4.69, 9.17) is 0 Å². The maximum Gasteiger partial charge on any atom is 0.257 e. The molecular formula is C11H17N3O. The highest BCUT2D eigenvalue weighted by Gasteiger charge is 2.17. The van der Waals surface area contributed by atoms with Gasteiger partial charge in [0.05, 0.1) is 5.56 Å². The Morgan fingerprint density at radius 3 is 2.73 bits per heavy atom. The lowest BCUT2D eigenvalue weighted by atomic mass is 10.2. The van der Waals surface area contributed by atoms with Gasteiger partial charge >= 0.3 is 0 Å². The fourth-order valence-corrected chi connectivity index (χ4v) is 1.20. The molecule has 1 rings (SSSR count). The topological polar surface area (TPSA) is 45.2 Å². The molecule has 1 heterocycles. The maximum absolute atomic E-state index is 12.0. The third-order valence-electron chi connectivity index (χ3n) is 2.37. The van der Waals surface area contributed by atoms with Crippen molar-refractivity contribution in [1.82, 2.24) is 9.88 Å². The summed E-state index contributed by atoms with van der Waals surface area (Å²) >= 11 is 0. The second-order valence-electron chi connectivity index (χ2n) is 3.66. The summed E-state index contributed by atoms with van der Waals surface area (Å²) in [6.45, 7) is 3.96. The third kappa shape index (κ3) is 2.46. The molecule has 0 fully saturated rings. The van der Waals surface area contributed by atoms with E-state index in [0.717, 1.165) is 0 Å². The van der Waals surface area contributed by atoms with Crippen LogP contribution in [0.4, 0.5) is 5.82 Å². The van der Waals surface area contributed by atoms with E-state index in [-0.39, 0.29) is 11.9 Å². The zero-order chi connectivity index (χ0) is 11.4. The van der Waals surface area contributed by atoms with Gasteiger partial charge in [0.25, 0.3) is 5.91 Å². The van der Waals surface area contributed by atoms with Crippen molar-refractivity contribution in [1.29, 1.82) is 0 Å². The van der Waals surface area contributed by atoms with Crippen molar-refractivity contribution in [3.63, 3.8) is 0 Å². The second-order valence-corrected chi connectivity index (χ2v) is 3.66. The largest absolute Gasteiger partial charge is 0.372 e. The van der Waals surface area contributed by atoms with E-state index in [1.54, 1.807) is 37.3 Å². The van der Waals surface area contributed by atoms with E-state index in [9.17, 15) is 4.79 Å². The third-order valence-corrected chi connectivity index (χ3v) is 2.37. The highest BCUT2D eigenvalue weighted by molar-refractivity contribution is 5.98. The van der Waals surface area contributed by atoms with Crippen LogP contribution in [0.15, 0.2) is 18.3 Å². The van der Waals surface area contributed by atoms with E-state index < -0.39 is 0 Å². The van der Waals surface area contributed by atoms with Gasteiger partial charge in [-0.25, -0.2) is 4.98 Å². The molecule has 0 aliphatic heterocycles. The van der Waals surface area contributed by atoms with Gasteiger partial charge in [0, 0.05) is 26.3 Å². The molecule has 4 nitrogen and oxygen atoms in total. The van der Waals surface area contributed by atoms with Crippen LogP contribution in [0.1, 0.15) is 24.2 Å². The van der Waals surface area contributed by atoms with Crippen LogP contribution >= 0.6 is 0 Å². The number of anilines is 1. The van der Waals surface area contributed by atoms with Gasteiger partial charge in [0.2, 0.25) is 0 Å². The Bertz CT molecular complexity index is 349. The van der Waals surface area contributed by atoms with E-state index in [1.165, 1.54) is 0 Å². The molecule has 1 N–H and O–H groups in total. The standard InChI is InChI=1S/C11H17N3O/c1-8(2)14(4)11(15)9-6-5-7-13-10(9)12-3/h5-8H,1-4H3,(H,12,13). The first-order valence-corrected chi connectivity index (χ1v) is 4.97. The van der Waals surface area contributed by atoms with Crippen LogP contribution in [0.3, 0.4) is 0 Å². The van der Waals surface area contributed by atoms with Crippen molar-refractivity contribution in [2.45, 2.75) is 19.9 Å². The molecule has 0 saturated carbocycles. The number of hydrogen-bond donors (Lipinski definition) is 1. The summed E-state index contributed by atoms with van der Waals surface area (Å²) in [5, 5.41) is 2.91. The number of rotatable bonds is 3. The average molecular weight is 207 g/mol. The number of pyridine rings is 1. The molecule has 0 aliphatic carbocycles. The summed E-state index contributed by atoms with van der Waals surface area (Å²) in [6, 6.07) is 3.73. The molecule has 0 atom stereocenters. The highest BCUT2D eigenvalue weighted by atomic mass is 16.2. The van der Waals surface area contributed by atoms with Crippen molar-refractivity contribution in [2.24, 2.45) is 0 Å². The quantitative estimate of drug-likeness (QED) is 0.819. The molecule has 0 bridgehead atoms. The molecule has 15 heavy (non-hydrogen) atoms. The van der Waals surface area contributed by atoms with Gasteiger partial charge in [-0.1, -0.05) is 0 Å². The number of carbonyl (C=O) groups excluding carboxylic acids is 1. The molecule has 4 heteroatoms. The van der Waals surface area contributed by atoms with Crippen molar-refractivity contribution in [3.8, 4) is 0 Å². The molecule has 0 aromatic carbocycles. The zero-order valence-corrected chi connectivity index (χ0v) is 9.61. The first kappa shape index (κ1) is 11.5. The number of aromatic nitrogens is 1. The molecule has 1 amide bonds. The van der Waals surface area contributed by atoms with Gasteiger partial charge in [0.15, 0.2) is 0 Å². The first-order valence-electron chi connectivity index (χ1n) is 4.97. The van der Waals surface area contributed by atoms with Crippen LogP contribution in [-0.2, 0) is 0 Å². The van der Waals surface area contributed by atoms with Gasteiger partial charge < -0.3 is 10.2 Å². The van der Waals surface area contributed by atoms with Gasteiger partial charge in [0.1, 0.15) is 5.82 Å². The fraction of sp³-hybridized carbons (Fsp3) is 0.455. The summed E-state index contributed by atoms with van der Waals surface area (Å²) in [4.78, 5) is 17.8. The second kappa shape index (κ2) is 4.77.